The normalized spacial score (nSPS) is 10.2. The molecular formula is C22H15N3O8. The number of anilines is 1. The fourth-order valence-corrected chi connectivity index (χ4v) is 2.85. The van der Waals surface area contributed by atoms with Gasteiger partial charge in [0.1, 0.15) is 5.56 Å². The second kappa shape index (κ2) is 9.92. The molecule has 0 radical (unpaired) electrons. The van der Waals surface area contributed by atoms with E-state index < -0.39 is 51.1 Å². The lowest BCUT2D eigenvalue weighted by Crippen LogP contribution is -2.19. The van der Waals surface area contributed by atoms with Crippen molar-refractivity contribution >= 4 is 34.7 Å². The molecule has 0 aliphatic heterocycles. The fourth-order valence-electron chi connectivity index (χ4n) is 2.85. The predicted molar refractivity (Wildman–Crippen MR) is 115 cm³/mol. The number of carbonyl (C=O) groups is 3. The van der Waals surface area contributed by atoms with E-state index in [0.717, 1.165) is 12.1 Å². The summed E-state index contributed by atoms with van der Waals surface area (Å²) in [5.74, 6) is -2.28. The highest BCUT2D eigenvalue weighted by atomic mass is 16.6. The third kappa shape index (κ3) is 5.41. The van der Waals surface area contributed by atoms with Crippen molar-refractivity contribution < 1.29 is 29.0 Å². The predicted octanol–water partition coefficient (Wildman–Crippen LogP) is 3.80. The Morgan fingerprint density at radius 1 is 0.818 bits per heavy atom. The van der Waals surface area contributed by atoms with Gasteiger partial charge in [-0.25, -0.2) is 4.79 Å². The molecule has 3 aromatic carbocycles. The molecule has 0 aromatic heterocycles. The molecule has 3 aromatic rings. The number of benzene rings is 3. The number of hydrogen-bond donors (Lipinski definition) is 1. The minimum Gasteiger partial charge on any atom is -0.454 e. The van der Waals surface area contributed by atoms with Gasteiger partial charge >= 0.3 is 5.97 Å². The van der Waals surface area contributed by atoms with Crippen LogP contribution in [0.15, 0.2) is 72.8 Å². The summed E-state index contributed by atoms with van der Waals surface area (Å²) >= 11 is 0. The van der Waals surface area contributed by atoms with Gasteiger partial charge in [-0.3, -0.25) is 29.8 Å². The quantitative estimate of drug-likeness (QED) is 0.235. The Balaban J connectivity index is 1.79. The van der Waals surface area contributed by atoms with Crippen LogP contribution < -0.4 is 5.32 Å². The first kappa shape index (κ1) is 22.7. The maximum absolute atomic E-state index is 12.7. The van der Waals surface area contributed by atoms with E-state index in [9.17, 15) is 34.6 Å². The highest BCUT2D eigenvalue weighted by molar-refractivity contribution is 6.10. The van der Waals surface area contributed by atoms with Crippen LogP contribution in [-0.2, 0) is 4.74 Å². The van der Waals surface area contributed by atoms with Gasteiger partial charge in [0.15, 0.2) is 12.4 Å². The summed E-state index contributed by atoms with van der Waals surface area (Å²) in [6.07, 6.45) is 0. The number of nitro groups is 2. The van der Waals surface area contributed by atoms with Gasteiger partial charge in [0.2, 0.25) is 0 Å². The number of ketones is 1. The van der Waals surface area contributed by atoms with Gasteiger partial charge in [0, 0.05) is 11.6 Å². The monoisotopic (exact) mass is 449 g/mol. The Bertz CT molecular complexity index is 1260. The zero-order valence-corrected chi connectivity index (χ0v) is 16.8. The molecule has 11 nitrogen and oxygen atoms in total. The van der Waals surface area contributed by atoms with E-state index in [2.05, 4.69) is 5.32 Å². The second-order valence-electron chi connectivity index (χ2n) is 6.58. The topological polar surface area (TPSA) is 159 Å². The SMILES string of the molecule is O=C(COC(=O)c1ccccc1NC(=O)c1ccc([N+](=O)[O-])cc1[N+](=O)[O-])c1ccccc1. The van der Waals surface area contributed by atoms with E-state index in [1.54, 1.807) is 30.3 Å². The van der Waals surface area contributed by atoms with E-state index in [1.807, 2.05) is 0 Å². The number of Topliss-reactive ketones (excluding diaryl/α,β-unsaturated/α-hetero) is 1. The molecule has 1 amide bonds. The smallest absolute Gasteiger partial charge is 0.340 e. The van der Waals surface area contributed by atoms with Gasteiger partial charge in [-0.05, 0) is 18.2 Å². The molecule has 0 unspecified atom stereocenters. The molecule has 33 heavy (non-hydrogen) atoms. The number of non-ortho nitro benzene ring substituents is 1. The zero-order valence-electron chi connectivity index (χ0n) is 16.8. The van der Waals surface area contributed by atoms with Crippen molar-refractivity contribution in [2.24, 2.45) is 0 Å². The van der Waals surface area contributed by atoms with Crippen LogP contribution >= 0.6 is 0 Å². The summed E-state index contributed by atoms with van der Waals surface area (Å²) in [7, 11) is 0. The molecule has 11 heteroatoms. The van der Waals surface area contributed by atoms with Gasteiger partial charge in [0.05, 0.1) is 27.2 Å². The Labute approximate surface area is 185 Å². The average Bonchev–Trinajstić information content (AvgIpc) is 2.82. The first-order chi connectivity index (χ1) is 15.8. The molecular weight excluding hydrogens is 434 g/mol. The van der Waals surface area contributed by atoms with Crippen LogP contribution in [0.4, 0.5) is 17.1 Å². The molecule has 0 spiro atoms. The summed E-state index contributed by atoms with van der Waals surface area (Å²) in [4.78, 5) is 57.7. The minimum absolute atomic E-state index is 0.0210. The number of carbonyl (C=O) groups excluding carboxylic acids is 3. The molecule has 3 rings (SSSR count). The molecule has 0 saturated carbocycles. The number of amides is 1. The lowest BCUT2D eigenvalue weighted by Gasteiger charge is -2.11. The number of hydrogen-bond acceptors (Lipinski definition) is 8. The van der Waals surface area contributed by atoms with Crippen LogP contribution in [0.3, 0.4) is 0 Å². The molecule has 0 aliphatic rings. The largest absolute Gasteiger partial charge is 0.454 e. The van der Waals surface area contributed by atoms with Crippen LogP contribution in [0.5, 0.6) is 0 Å². The number of rotatable bonds is 8. The maximum Gasteiger partial charge on any atom is 0.340 e. The number of ether oxygens (including phenoxy) is 1. The van der Waals surface area contributed by atoms with Crippen molar-refractivity contribution in [3.05, 3.63) is 110 Å². The second-order valence-corrected chi connectivity index (χ2v) is 6.58. The summed E-state index contributed by atoms with van der Waals surface area (Å²) in [5, 5.41) is 24.5. The molecule has 0 atom stereocenters. The van der Waals surface area contributed by atoms with Crippen molar-refractivity contribution in [2.75, 3.05) is 11.9 Å². The molecule has 0 heterocycles. The average molecular weight is 449 g/mol. The van der Waals surface area contributed by atoms with E-state index in [4.69, 9.17) is 4.74 Å². The molecule has 0 saturated heterocycles. The molecule has 0 aliphatic carbocycles. The van der Waals surface area contributed by atoms with Gasteiger partial charge < -0.3 is 10.1 Å². The number of nitrogens with one attached hydrogen (secondary N) is 1. The van der Waals surface area contributed by atoms with E-state index in [-0.39, 0.29) is 11.3 Å². The highest BCUT2D eigenvalue weighted by Gasteiger charge is 2.25. The van der Waals surface area contributed by atoms with E-state index in [1.165, 1.54) is 24.3 Å². The molecule has 166 valence electrons. The number of esters is 1. The van der Waals surface area contributed by atoms with Crippen molar-refractivity contribution in [1.82, 2.24) is 0 Å². The molecule has 1 N–H and O–H groups in total. The van der Waals surface area contributed by atoms with Crippen LogP contribution in [0, 0.1) is 20.2 Å². The number of para-hydroxylation sites is 1. The van der Waals surface area contributed by atoms with E-state index >= 15 is 0 Å². The van der Waals surface area contributed by atoms with Crippen molar-refractivity contribution in [1.29, 1.82) is 0 Å². The van der Waals surface area contributed by atoms with Crippen LogP contribution in [-0.4, -0.2) is 34.1 Å². The van der Waals surface area contributed by atoms with Crippen molar-refractivity contribution in [2.45, 2.75) is 0 Å². The number of nitrogens with zero attached hydrogens (tertiary/aromatic N) is 2. The fraction of sp³-hybridized carbons (Fsp3) is 0.0455. The standard InChI is InChI=1S/C22H15N3O8/c26-20(14-6-2-1-3-7-14)13-33-22(28)16-8-4-5-9-18(16)23-21(27)17-11-10-15(24(29)30)12-19(17)25(31)32/h1-12H,13H2,(H,23,27). The maximum atomic E-state index is 12.7. The van der Waals surface area contributed by atoms with Gasteiger partial charge in [-0.1, -0.05) is 42.5 Å². The lowest BCUT2D eigenvalue weighted by molar-refractivity contribution is -0.394. The third-order valence-electron chi connectivity index (χ3n) is 4.46. The van der Waals surface area contributed by atoms with Crippen LogP contribution in [0.25, 0.3) is 0 Å². The van der Waals surface area contributed by atoms with Gasteiger partial charge in [-0.2, -0.15) is 0 Å². The first-order valence-corrected chi connectivity index (χ1v) is 9.36. The summed E-state index contributed by atoms with van der Waals surface area (Å²) in [6, 6.07) is 16.5. The van der Waals surface area contributed by atoms with Crippen LogP contribution in [0.2, 0.25) is 0 Å². The summed E-state index contributed by atoms with van der Waals surface area (Å²) in [5.41, 5.74) is -1.51. The Kier molecular flexibility index (Phi) is 6.84. The summed E-state index contributed by atoms with van der Waals surface area (Å²) in [6.45, 7) is -0.529. The van der Waals surface area contributed by atoms with Crippen LogP contribution in [0.1, 0.15) is 31.1 Å². The molecule has 0 bridgehead atoms. The van der Waals surface area contributed by atoms with Crippen molar-refractivity contribution in [3.8, 4) is 0 Å². The first-order valence-electron chi connectivity index (χ1n) is 9.36. The third-order valence-corrected chi connectivity index (χ3v) is 4.46. The Morgan fingerprint density at radius 3 is 2.15 bits per heavy atom. The Morgan fingerprint density at radius 2 is 1.48 bits per heavy atom. The van der Waals surface area contributed by atoms with Crippen molar-refractivity contribution in [3.63, 3.8) is 0 Å². The lowest BCUT2D eigenvalue weighted by atomic mass is 10.1. The highest BCUT2D eigenvalue weighted by Crippen LogP contribution is 2.26. The minimum atomic E-state index is -0.961. The van der Waals surface area contributed by atoms with Gasteiger partial charge in [-0.15, -0.1) is 0 Å². The van der Waals surface area contributed by atoms with E-state index in [0.29, 0.717) is 11.6 Å². The Hall–Kier alpha value is -4.93. The summed E-state index contributed by atoms with van der Waals surface area (Å²) < 4.78 is 5.05. The van der Waals surface area contributed by atoms with Gasteiger partial charge in [0.25, 0.3) is 17.3 Å². The number of nitro benzene ring substituents is 2. The zero-order chi connectivity index (χ0) is 24.0. The molecule has 0 fully saturated rings.